The van der Waals surface area contributed by atoms with E-state index in [1.807, 2.05) is 18.2 Å². The molecule has 0 aromatic heterocycles. The van der Waals surface area contributed by atoms with E-state index in [2.05, 4.69) is 0 Å². The summed E-state index contributed by atoms with van der Waals surface area (Å²) in [5.74, 6) is 0.385. The van der Waals surface area contributed by atoms with Crippen LogP contribution in [0.3, 0.4) is 0 Å². The molecule has 0 amide bonds. The van der Waals surface area contributed by atoms with Crippen molar-refractivity contribution < 1.29 is 9.59 Å². The lowest BCUT2D eigenvalue weighted by molar-refractivity contribution is -0.127. The van der Waals surface area contributed by atoms with Gasteiger partial charge >= 0.3 is 0 Å². The van der Waals surface area contributed by atoms with Crippen molar-refractivity contribution in [1.29, 1.82) is 0 Å². The van der Waals surface area contributed by atoms with Gasteiger partial charge in [0, 0.05) is 17.9 Å². The van der Waals surface area contributed by atoms with Crippen LogP contribution in [0.5, 0.6) is 0 Å². The minimum atomic E-state index is -0.501. The molecule has 1 aromatic carbocycles. The summed E-state index contributed by atoms with van der Waals surface area (Å²) in [6.45, 7) is 1.61. The molecule has 0 bridgehead atoms. The average molecular weight is 251 g/mol. The summed E-state index contributed by atoms with van der Waals surface area (Å²) in [5, 5.41) is 0.639. The molecule has 1 aliphatic carbocycles. The van der Waals surface area contributed by atoms with Crippen LogP contribution in [0, 0.1) is 0 Å². The molecule has 0 aliphatic heterocycles. The molecule has 3 heteroatoms. The Bertz CT molecular complexity index is 455. The maximum Gasteiger partial charge on any atom is 0.140 e. The van der Waals surface area contributed by atoms with E-state index in [4.69, 9.17) is 11.6 Å². The SMILES string of the molecule is CC(=O)C1(c2cccc(Cl)c2)CCC(=O)CC1. The maximum atomic E-state index is 12.0. The summed E-state index contributed by atoms with van der Waals surface area (Å²) in [7, 11) is 0. The lowest BCUT2D eigenvalue weighted by Gasteiger charge is -2.35. The fourth-order valence-electron chi connectivity index (χ4n) is 2.59. The van der Waals surface area contributed by atoms with Crippen LogP contribution in [0.15, 0.2) is 24.3 Å². The fourth-order valence-corrected chi connectivity index (χ4v) is 2.78. The molecule has 17 heavy (non-hydrogen) atoms. The topological polar surface area (TPSA) is 34.1 Å². The minimum absolute atomic E-state index is 0.132. The molecule has 90 valence electrons. The van der Waals surface area contributed by atoms with E-state index < -0.39 is 5.41 Å². The van der Waals surface area contributed by atoms with Gasteiger partial charge in [-0.3, -0.25) is 9.59 Å². The van der Waals surface area contributed by atoms with Gasteiger partial charge in [0.05, 0.1) is 5.41 Å². The van der Waals surface area contributed by atoms with E-state index in [1.54, 1.807) is 13.0 Å². The second-order valence-electron chi connectivity index (χ2n) is 4.69. The summed E-state index contributed by atoms with van der Waals surface area (Å²) in [4.78, 5) is 23.3. The first kappa shape index (κ1) is 12.3. The summed E-state index contributed by atoms with van der Waals surface area (Å²) in [6.07, 6.45) is 2.21. The van der Waals surface area contributed by atoms with E-state index in [0.29, 0.717) is 30.7 Å². The molecule has 0 radical (unpaired) electrons. The highest BCUT2D eigenvalue weighted by atomic mass is 35.5. The lowest BCUT2D eigenvalue weighted by atomic mass is 9.67. The maximum absolute atomic E-state index is 12.0. The van der Waals surface area contributed by atoms with Crippen molar-refractivity contribution in [2.45, 2.75) is 38.0 Å². The molecule has 0 heterocycles. The summed E-state index contributed by atoms with van der Waals surface area (Å²) >= 11 is 5.98. The lowest BCUT2D eigenvalue weighted by Crippen LogP contribution is -2.38. The Hall–Kier alpha value is -1.15. The zero-order valence-electron chi connectivity index (χ0n) is 9.83. The van der Waals surface area contributed by atoms with E-state index in [9.17, 15) is 9.59 Å². The van der Waals surface area contributed by atoms with Crippen LogP contribution in [0.1, 0.15) is 38.2 Å². The Morgan fingerprint density at radius 1 is 1.29 bits per heavy atom. The summed E-state index contributed by atoms with van der Waals surface area (Å²) in [6, 6.07) is 7.44. The Morgan fingerprint density at radius 3 is 2.47 bits per heavy atom. The van der Waals surface area contributed by atoms with Crippen LogP contribution in [-0.2, 0) is 15.0 Å². The number of Topliss-reactive ketones (excluding diaryl/α,β-unsaturated/α-hetero) is 2. The van der Waals surface area contributed by atoms with Crippen LogP contribution in [0.25, 0.3) is 0 Å². The van der Waals surface area contributed by atoms with Gasteiger partial charge in [0.1, 0.15) is 11.6 Å². The van der Waals surface area contributed by atoms with Gasteiger partial charge in [-0.1, -0.05) is 23.7 Å². The molecule has 0 spiro atoms. The molecule has 0 atom stereocenters. The number of rotatable bonds is 2. The van der Waals surface area contributed by atoms with Crippen molar-refractivity contribution in [2.75, 3.05) is 0 Å². The molecule has 1 fully saturated rings. The Labute approximate surface area is 106 Å². The van der Waals surface area contributed by atoms with Gasteiger partial charge in [-0.05, 0) is 37.5 Å². The van der Waals surface area contributed by atoms with Crippen LogP contribution in [-0.4, -0.2) is 11.6 Å². The number of hydrogen-bond donors (Lipinski definition) is 0. The summed E-state index contributed by atoms with van der Waals surface area (Å²) < 4.78 is 0. The van der Waals surface area contributed by atoms with Gasteiger partial charge in [-0.2, -0.15) is 0 Å². The van der Waals surface area contributed by atoms with Gasteiger partial charge in [0.2, 0.25) is 0 Å². The van der Waals surface area contributed by atoms with Crippen LogP contribution in [0.2, 0.25) is 5.02 Å². The van der Waals surface area contributed by atoms with Crippen molar-refractivity contribution >= 4 is 23.2 Å². The smallest absolute Gasteiger partial charge is 0.140 e. The largest absolute Gasteiger partial charge is 0.300 e. The van der Waals surface area contributed by atoms with Crippen molar-refractivity contribution in [3.63, 3.8) is 0 Å². The van der Waals surface area contributed by atoms with E-state index in [-0.39, 0.29) is 11.6 Å². The van der Waals surface area contributed by atoms with Crippen molar-refractivity contribution in [3.05, 3.63) is 34.9 Å². The Morgan fingerprint density at radius 2 is 1.94 bits per heavy atom. The molecule has 0 saturated heterocycles. The number of carbonyl (C=O) groups excluding carboxylic acids is 2. The Balaban J connectivity index is 2.41. The van der Waals surface area contributed by atoms with E-state index >= 15 is 0 Å². The number of benzene rings is 1. The van der Waals surface area contributed by atoms with Crippen LogP contribution >= 0.6 is 11.6 Å². The molecule has 1 saturated carbocycles. The molecule has 2 nitrogen and oxygen atoms in total. The fraction of sp³-hybridized carbons (Fsp3) is 0.429. The molecule has 0 unspecified atom stereocenters. The first-order chi connectivity index (χ1) is 8.04. The molecule has 1 aromatic rings. The second kappa shape index (κ2) is 4.61. The first-order valence-corrected chi connectivity index (χ1v) is 6.21. The zero-order chi connectivity index (χ0) is 12.5. The van der Waals surface area contributed by atoms with Gasteiger partial charge in [0.15, 0.2) is 0 Å². The van der Waals surface area contributed by atoms with E-state index in [0.717, 1.165) is 5.56 Å². The van der Waals surface area contributed by atoms with Gasteiger partial charge < -0.3 is 0 Å². The zero-order valence-corrected chi connectivity index (χ0v) is 10.6. The van der Waals surface area contributed by atoms with Gasteiger partial charge in [-0.25, -0.2) is 0 Å². The third-order valence-corrected chi connectivity index (χ3v) is 3.95. The monoisotopic (exact) mass is 250 g/mol. The van der Waals surface area contributed by atoms with Crippen LogP contribution < -0.4 is 0 Å². The number of carbonyl (C=O) groups is 2. The average Bonchev–Trinajstić information content (AvgIpc) is 2.30. The molecule has 0 N–H and O–H groups in total. The molecular formula is C14H15ClO2. The quantitative estimate of drug-likeness (QED) is 0.807. The number of halogens is 1. The van der Waals surface area contributed by atoms with Crippen molar-refractivity contribution in [1.82, 2.24) is 0 Å². The predicted octanol–water partition coefficient (Wildman–Crippen LogP) is 3.31. The second-order valence-corrected chi connectivity index (χ2v) is 5.12. The van der Waals surface area contributed by atoms with Gasteiger partial charge in [-0.15, -0.1) is 0 Å². The molecule has 1 aliphatic rings. The standard InChI is InChI=1S/C14H15ClO2/c1-10(16)14(7-5-13(17)6-8-14)11-3-2-4-12(15)9-11/h2-4,9H,5-8H2,1H3. The third kappa shape index (κ3) is 2.27. The molecular weight excluding hydrogens is 236 g/mol. The van der Waals surface area contributed by atoms with Crippen LogP contribution in [0.4, 0.5) is 0 Å². The first-order valence-electron chi connectivity index (χ1n) is 5.83. The number of ketones is 2. The summed E-state index contributed by atoms with van der Waals surface area (Å²) in [5.41, 5.74) is 0.448. The highest BCUT2D eigenvalue weighted by Crippen LogP contribution is 2.39. The third-order valence-electron chi connectivity index (χ3n) is 3.71. The Kier molecular flexibility index (Phi) is 3.34. The number of hydrogen-bond acceptors (Lipinski definition) is 2. The predicted molar refractivity (Wildman–Crippen MR) is 67.3 cm³/mol. The highest BCUT2D eigenvalue weighted by Gasteiger charge is 2.40. The van der Waals surface area contributed by atoms with Gasteiger partial charge in [0.25, 0.3) is 0 Å². The minimum Gasteiger partial charge on any atom is -0.300 e. The van der Waals surface area contributed by atoms with Crippen molar-refractivity contribution in [2.24, 2.45) is 0 Å². The normalized spacial score (nSPS) is 19.1. The van der Waals surface area contributed by atoms with E-state index in [1.165, 1.54) is 0 Å². The van der Waals surface area contributed by atoms with Crippen molar-refractivity contribution in [3.8, 4) is 0 Å². The highest BCUT2D eigenvalue weighted by molar-refractivity contribution is 6.30. The molecule has 2 rings (SSSR count).